The maximum Gasteiger partial charge on any atom is 0.0479 e. The first-order valence-electron chi connectivity index (χ1n) is 4.31. The van der Waals surface area contributed by atoms with Gasteiger partial charge in [-0.3, -0.25) is 4.90 Å². The highest BCUT2D eigenvalue weighted by Crippen LogP contribution is 2.04. The van der Waals surface area contributed by atoms with Crippen LogP contribution in [-0.4, -0.2) is 56.2 Å². The molecule has 1 aliphatic heterocycles. The van der Waals surface area contributed by atoms with Crippen molar-refractivity contribution in [3.05, 3.63) is 0 Å². The van der Waals surface area contributed by atoms with E-state index in [1.165, 1.54) is 19.6 Å². The second-order valence-corrected chi connectivity index (χ2v) is 3.42. The van der Waals surface area contributed by atoms with E-state index in [0.29, 0.717) is 6.04 Å². The van der Waals surface area contributed by atoms with Gasteiger partial charge in [-0.25, -0.2) is 0 Å². The van der Waals surface area contributed by atoms with E-state index in [-0.39, 0.29) is 0 Å². The van der Waals surface area contributed by atoms with Crippen molar-refractivity contribution in [1.82, 2.24) is 15.1 Å². The summed E-state index contributed by atoms with van der Waals surface area (Å²) in [5.41, 5.74) is 0. The molecule has 1 saturated heterocycles. The molecule has 0 saturated carbocycles. The molecule has 0 spiro atoms. The fourth-order valence-corrected chi connectivity index (χ4v) is 1.49. The lowest BCUT2D eigenvalue weighted by Crippen LogP contribution is -2.51. The second kappa shape index (κ2) is 4.04. The first-order valence-corrected chi connectivity index (χ1v) is 4.31. The molecule has 1 unspecified atom stereocenters. The van der Waals surface area contributed by atoms with E-state index in [9.17, 15) is 0 Å². The van der Waals surface area contributed by atoms with Gasteiger partial charge in [-0.2, -0.15) is 0 Å². The van der Waals surface area contributed by atoms with E-state index >= 15 is 0 Å². The van der Waals surface area contributed by atoms with Gasteiger partial charge in [-0.15, -0.1) is 0 Å². The molecule has 1 N–H and O–H groups in total. The van der Waals surface area contributed by atoms with E-state index < -0.39 is 0 Å². The Morgan fingerprint density at radius 1 is 1.45 bits per heavy atom. The monoisotopic (exact) mass is 157 g/mol. The molecule has 1 fully saturated rings. The molecule has 0 aliphatic carbocycles. The molecule has 0 amide bonds. The van der Waals surface area contributed by atoms with Gasteiger partial charge < -0.3 is 10.2 Å². The minimum Gasteiger partial charge on any atom is -0.307 e. The summed E-state index contributed by atoms with van der Waals surface area (Å²) >= 11 is 0. The van der Waals surface area contributed by atoms with Gasteiger partial charge >= 0.3 is 0 Å². The summed E-state index contributed by atoms with van der Waals surface area (Å²) in [5.74, 6) is 0. The molecule has 1 heterocycles. The molecule has 0 bridgehead atoms. The topological polar surface area (TPSA) is 18.5 Å². The fraction of sp³-hybridized carbons (Fsp3) is 1.00. The number of hydrogen-bond acceptors (Lipinski definition) is 3. The Labute approximate surface area is 69.4 Å². The highest BCUT2D eigenvalue weighted by atomic mass is 15.3. The summed E-state index contributed by atoms with van der Waals surface area (Å²) in [5, 5.41) is 3.18. The van der Waals surface area contributed by atoms with Crippen LogP contribution in [-0.2, 0) is 0 Å². The average Bonchev–Trinajstić information content (AvgIpc) is 1.98. The number of rotatable bonds is 2. The van der Waals surface area contributed by atoms with Gasteiger partial charge in [0.25, 0.3) is 0 Å². The Hall–Kier alpha value is -0.120. The SMILES string of the molecule is CNCN1CCN(C)C(C)C1. The Bertz CT molecular complexity index is 116. The number of nitrogens with one attached hydrogen (secondary N) is 1. The van der Waals surface area contributed by atoms with Crippen LogP contribution in [0.1, 0.15) is 6.92 Å². The lowest BCUT2D eigenvalue weighted by Gasteiger charge is -2.37. The molecule has 0 aromatic heterocycles. The van der Waals surface area contributed by atoms with E-state index in [0.717, 1.165) is 6.67 Å². The predicted molar refractivity (Wildman–Crippen MR) is 47.6 cm³/mol. The zero-order chi connectivity index (χ0) is 8.27. The van der Waals surface area contributed by atoms with Crippen LogP contribution in [0.2, 0.25) is 0 Å². The van der Waals surface area contributed by atoms with E-state index in [4.69, 9.17) is 0 Å². The van der Waals surface area contributed by atoms with Crippen molar-refractivity contribution in [3.8, 4) is 0 Å². The normalized spacial score (nSPS) is 29.2. The summed E-state index contributed by atoms with van der Waals surface area (Å²) in [4.78, 5) is 4.86. The summed E-state index contributed by atoms with van der Waals surface area (Å²) in [6.07, 6.45) is 0. The van der Waals surface area contributed by atoms with Crippen LogP contribution < -0.4 is 5.32 Å². The maximum absolute atomic E-state index is 3.18. The third-order valence-electron chi connectivity index (χ3n) is 2.43. The van der Waals surface area contributed by atoms with Gasteiger partial charge in [-0.05, 0) is 21.0 Å². The van der Waals surface area contributed by atoms with Gasteiger partial charge in [0.2, 0.25) is 0 Å². The second-order valence-electron chi connectivity index (χ2n) is 3.42. The summed E-state index contributed by atoms with van der Waals surface area (Å²) in [6.45, 7) is 6.89. The van der Waals surface area contributed by atoms with Gasteiger partial charge in [0.05, 0.1) is 0 Å². The minimum absolute atomic E-state index is 0.706. The van der Waals surface area contributed by atoms with Crippen LogP contribution in [0.4, 0.5) is 0 Å². The van der Waals surface area contributed by atoms with Crippen LogP contribution >= 0.6 is 0 Å². The van der Waals surface area contributed by atoms with Crippen molar-refractivity contribution >= 4 is 0 Å². The van der Waals surface area contributed by atoms with Crippen LogP contribution in [0.5, 0.6) is 0 Å². The zero-order valence-electron chi connectivity index (χ0n) is 7.80. The molecule has 3 nitrogen and oxygen atoms in total. The van der Waals surface area contributed by atoms with Crippen molar-refractivity contribution in [3.63, 3.8) is 0 Å². The highest BCUT2D eigenvalue weighted by Gasteiger charge is 2.19. The molecule has 1 aliphatic rings. The van der Waals surface area contributed by atoms with E-state index in [1.54, 1.807) is 0 Å². The molecule has 3 heteroatoms. The van der Waals surface area contributed by atoms with Crippen LogP contribution in [0.3, 0.4) is 0 Å². The molecule has 0 radical (unpaired) electrons. The zero-order valence-corrected chi connectivity index (χ0v) is 7.80. The predicted octanol–water partition coefficient (Wildman–Crippen LogP) is -0.201. The fourth-order valence-electron chi connectivity index (χ4n) is 1.49. The van der Waals surface area contributed by atoms with Crippen molar-refractivity contribution in [1.29, 1.82) is 0 Å². The van der Waals surface area contributed by atoms with Gasteiger partial charge in [-0.1, -0.05) is 0 Å². The van der Waals surface area contributed by atoms with E-state index in [1.807, 2.05) is 7.05 Å². The van der Waals surface area contributed by atoms with Crippen molar-refractivity contribution in [2.75, 3.05) is 40.4 Å². The Balaban J connectivity index is 2.28. The number of nitrogens with zero attached hydrogens (tertiary/aromatic N) is 2. The van der Waals surface area contributed by atoms with Crippen LogP contribution in [0.15, 0.2) is 0 Å². The van der Waals surface area contributed by atoms with Crippen LogP contribution in [0, 0.1) is 0 Å². The van der Waals surface area contributed by atoms with Crippen molar-refractivity contribution in [2.24, 2.45) is 0 Å². The summed E-state index contributed by atoms with van der Waals surface area (Å²) < 4.78 is 0. The maximum atomic E-state index is 3.18. The molecular weight excluding hydrogens is 138 g/mol. The number of likely N-dealkylation sites (N-methyl/N-ethyl adjacent to an activating group) is 1. The lowest BCUT2D eigenvalue weighted by molar-refractivity contribution is 0.101. The lowest BCUT2D eigenvalue weighted by atomic mass is 10.2. The standard InChI is InChI=1S/C8H19N3/c1-8-6-11(7-9-2)5-4-10(8)3/h8-9H,4-7H2,1-3H3. The first kappa shape index (κ1) is 8.97. The van der Waals surface area contributed by atoms with Gasteiger partial charge in [0.15, 0.2) is 0 Å². The Kier molecular flexibility index (Phi) is 3.30. The van der Waals surface area contributed by atoms with Crippen molar-refractivity contribution in [2.45, 2.75) is 13.0 Å². The smallest absolute Gasteiger partial charge is 0.0479 e. The Morgan fingerprint density at radius 3 is 2.73 bits per heavy atom. The van der Waals surface area contributed by atoms with E-state index in [2.05, 4.69) is 29.1 Å². The summed E-state index contributed by atoms with van der Waals surface area (Å²) in [6, 6.07) is 0.706. The first-order chi connectivity index (χ1) is 5.24. The van der Waals surface area contributed by atoms with Crippen molar-refractivity contribution < 1.29 is 0 Å². The van der Waals surface area contributed by atoms with Gasteiger partial charge in [0.1, 0.15) is 0 Å². The number of piperazine rings is 1. The molecule has 1 rings (SSSR count). The number of hydrogen-bond donors (Lipinski definition) is 1. The van der Waals surface area contributed by atoms with Crippen LogP contribution in [0.25, 0.3) is 0 Å². The quantitative estimate of drug-likeness (QED) is 0.599. The molecule has 66 valence electrons. The summed E-state index contributed by atoms with van der Waals surface area (Å²) in [7, 11) is 4.20. The molecule has 0 aromatic carbocycles. The molecule has 11 heavy (non-hydrogen) atoms. The van der Waals surface area contributed by atoms with Gasteiger partial charge in [0, 0.05) is 32.3 Å². The highest BCUT2D eigenvalue weighted by molar-refractivity contribution is 4.75. The third-order valence-corrected chi connectivity index (χ3v) is 2.43. The molecular formula is C8H19N3. The Morgan fingerprint density at radius 2 is 2.18 bits per heavy atom. The molecule has 0 aromatic rings. The average molecular weight is 157 g/mol. The minimum atomic E-state index is 0.706. The molecule has 1 atom stereocenters. The largest absolute Gasteiger partial charge is 0.307 e. The third kappa shape index (κ3) is 2.43.